The second-order valence-electron chi connectivity index (χ2n) is 14.2. The summed E-state index contributed by atoms with van der Waals surface area (Å²) < 4.78 is 12.8. The molecule has 4 heteroatoms. The smallest absolute Gasteiger partial charge is 0.217 e. The Morgan fingerprint density at radius 1 is 0.409 bits per heavy atom. The van der Waals surface area contributed by atoms with E-state index < -0.39 is 0 Å². The van der Waals surface area contributed by atoms with Gasteiger partial charge in [0, 0.05) is 11.1 Å². The minimum Gasteiger partial charge on any atom is -0.469 e. The zero-order chi connectivity index (χ0) is 31.1. The first-order chi connectivity index (χ1) is 20.8. The highest BCUT2D eigenvalue weighted by molar-refractivity contribution is 6.21. The summed E-state index contributed by atoms with van der Waals surface area (Å²) in [5.41, 5.74) is 5.31. The zero-order valence-electron chi connectivity index (χ0n) is 26.9. The van der Waals surface area contributed by atoms with Crippen LogP contribution >= 0.6 is 0 Å². The number of fused-ring (bicyclic) bond motifs is 2. The molecule has 0 saturated carbocycles. The third-order valence-electron chi connectivity index (χ3n) is 10.1. The Hall–Kier alpha value is -4.44. The molecule has 0 radical (unpaired) electrons. The molecule has 2 heterocycles. The van der Waals surface area contributed by atoms with Gasteiger partial charge in [-0.05, 0) is 123 Å². The number of hydrogen-bond donors (Lipinski definition) is 0. The highest BCUT2D eigenvalue weighted by Gasteiger charge is 2.46. The van der Waals surface area contributed by atoms with Crippen LogP contribution in [0.15, 0.2) is 107 Å². The molecule has 7 rings (SSSR count). The first kappa shape index (κ1) is 28.3. The lowest BCUT2D eigenvalue weighted by Crippen LogP contribution is -2.41. The molecular formula is C40H40N2O2. The Kier molecular flexibility index (Phi) is 6.14. The van der Waals surface area contributed by atoms with Gasteiger partial charge in [0.05, 0.1) is 11.1 Å². The predicted octanol–water partition coefficient (Wildman–Crippen LogP) is 9.99. The fourth-order valence-electron chi connectivity index (χ4n) is 6.17. The lowest BCUT2D eigenvalue weighted by atomic mass is 9.85. The molecular weight excluding hydrogens is 540 g/mol. The van der Waals surface area contributed by atoms with E-state index in [1.165, 1.54) is 32.7 Å². The van der Waals surface area contributed by atoms with Gasteiger partial charge in [-0.15, -0.1) is 0 Å². The van der Waals surface area contributed by atoms with E-state index in [1.807, 2.05) is 0 Å². The van der Waals surface area contributed by atoms with Crippen LogP contribution in [-0.4, -0.2) is 34.1 Å². The molecule has 44 heavy (non-hydrogen) atoms. The summed E-state index contributed by atoms with van der Waals surface area (Å²) in [6.45, 7) is 16.9. The van der Waals surface area contributed by atoms with Crippen molar-refractivity contribution in [2.75, 3.05) is 0 Å². The summed E-state index contributed by atoms with van der Waals surface area (Å²) >= 11 is 0. The monoisotopic (exact) mass is 580 g/mol. The molecule has 0 saturated heterocycles. The summed E-state index contributed by atoms with van der Waals surface area (Å²) in [6, 6.07) is 34.7. The molecule has 0 spiro atoms. The maximum Gasteiger partial charge on any atom is 0.217 e. The SMILES string of the molecule is CC1(C)N=C(c2cccc(-c3c4ccccc4c(-c4cccc(C5=NC(C)(C)C(C)(C)O5)c4)c4ccccc34)c2)OC1(C)C. The molecule has 0 aromatic heterocycles. The van der Waals surface area contributed by atoms with Gasteiger partial charge >= 0.3 is 0 Å². The van der Waals surface area contributed by atoms with Gasteiger partial charge in [0.15, 0.2) is 0 Å². The standard InChI is InChI=1S/C40H40N2O2/c1-37(2)39(5,6)43-35(41-37)27-17-13-15-25(23-27)33-29-19-9-11-21-31(29)34(32-22-12-10-20-30(32)33)26-16-14-18-28(24-26)36-42-38(3,4)40(7,8)44-36/h9-24H,1-8H3. The molecule has 0 unspecified atom stereocenters. The van der Waals surface area contributed by atoms with Gasteiger partial charge in [0.2, 0.25) is 11.8 Å². The average molecular weight is 581 g/mol. The molecule has 0 aliphatic carbocycles. The highest BCUT2D eigenvalue weighted by atomic mass is 16.5. The van der Waals surface area contributed by atoms with Crippen LogP contribution in [0.4, 0.5) is 0 Å². The molecule has 4 nitrogen and oxygen atoms in total. The van der Waals surface area contributed by atoms with Crippen LogP contribution in [0.2, 0.25) is 0 Å². The van der Waals surface area contributed by atoms with Crippen LogP contribution in [0, 0.1) is 0 Å². The van der Waals surface area contributed by atoms with E-state index in [-0.39, 0.29) is 22.3 Å². The maximum atomic E-state index is 6.40. The van der Waals surface area contributed by atoms with E-state index in [2.05, 4.69) is 152 Å². The van der Waals surface area contributed by atoms with Crippen molar-refractivity contribution in [1.82, 2.24) is 0 Å². The van der Waals surface area contributed by atoms with Crippen molar-refractivity contribution in [3.63, 3.8) is 0 Å². The topological polar surface area (TPSA) is 43.2 Å². The van der Waals surface area contributed by atoms with Crippen LogP contribution in [0.5, 0.6) is 0 Å². The molecule has 5 aromatic rings. The van der Waals surface area contributed by atoms with Crippen molar-refractivity contribution in [3.8, 4) is 22.3 Å². The van der Waals surface area contributed by atoms with Crippen molar-refractivity contribution in [2.45, 2.75) is 77.7 Å². The van der Waals surface area contributed by atoms with Gasteiger partial charge in [-0.3, -0.25) is 0 Å². The lowest BCUT2D eigenvalue weighted by Gasteiger charge is -2.30. The summed E-state index contributed by atoms with van der Waals surface area (Å²) in [7, 11) is 0. The maximum absolute atomic E-state index is 6.40. The summed E-state index contributed by atoms with van der Waals surface area (Å²) in [5, 5.41) is 4.82. The van der Waals surface area contributed by atoms with Crippen molar-refractivity contribution < 1.29 is 9.47 Å². The van der Waals surface area contributed by atoms with Gasteiger partial charge < -0.3 is 9.47 Å². The molecule has 0 amide bonds. The average Bonchev–Trinajstić information content (AvgIpc) is 3.35. The number of nitrogens with zero attached hydrogens (tertiary/aromatic N) is 2. The number of hydrogen-bond acceptors (Lipinski definition) is 4. The molecule has 0 N–H and O–H groups in total. The third-order valence-corrected chi connectivity index (χ3v) is 10.1. The Balaban J connectivity index is 1.43. The number of aliphatic imine (C=N–C) groups is 2. The minimum absolute atomic E-state index is 0.311. The van der Waals surface area contributed by atoms with E-state index in [0.717, 1.165) is 22.3 Å². The molecule has 0 atom stereocenters. The number of ether oxygens (including phenoxy) is 2. The second kappa shape index (κ2) is 9.53. The van der Waals surface area contributed by atoms with E-state index in [4.69, 9.17) is 19.5 Å². The van der Waals surface area contributed by atoms with Crippen LogP contribution in [0.3, 0.4) is 0 Å². The Labute approximate surface area is 260 Å². The first-order valence-corrected chi connectivity index (χ1v) is 15.5. The number of rotatable bonds is 4. The van der Waals surface area contributed by atoms with Gasteiger partial charge in [0.25, 0.3) is 0 Å². The van der Waals surface area contributed by atoms with E-state index >= 15 is 0 Å². The highest BCUT2D eigenvalue weighted by Crippen LogP contribution is 2.45. The summed E-state index contributed by atoms with van der Waals surface area (Å²) in [4.78, 5) is 9.98. The van der Waals surface area contributed by atoms with E-state index in [0.29, 0.717) is 11.8 Å². The molecule has 2 aliphatic heterocycles. The Bertz CT molecular complexity index is 1820. The quantitative estimate of drug-likeness (QED) is 0.199. The molecule has 0 bridgehead atoms. The van der Waals surface area contributed by atoms with E-state index in [9.17, 15) is 0 Å². The van der Waals surface area contributed by atoms with Crippen LogP contribution < -0.4 is 0 Å². The fraction of sp³-hybridized carbons (Fsp3) is 0.300. The predicted molar refractivity (Wildman–Crippen MR) is 184 cm³/mol. The van der Waals surface area contributed by atoms with Crippen LogP contribution in [0.25, 0.3) is 43.8 Å². The van der Waals surface area contributed by atoms with Crippen molar-refractivity contribution in [3.05, 3.63) is 108 Å². The van der Waals surface area contributed by atoms with Gasteiger partial charge in [0.1, 0.15) is 11.2 Å². The van der Waals surface area contributed by atoms with Gasteiger partial charge in [-0.25, -0.2) is 9.98 Å². The van der Waals surface area contributed by atoms with Gasteiger partial charge in [-0.2, -0.15) is 0 Å². The zero-order valence-corrected chi connectivity index (χ0v) is 26.9. The largest absolute Gasteiger partial charge is 0.469 e. The normalized spacial score (nSPS) is 19.4. The summed E-state index contributed by atoms with van der Waals surface area (Å²) in [5.74, 6) is 1.40. The van der Waals surface area contributed by atoms with Crippen LogP contribution in [-0.2, 0) is 9.47 Å². The second-order valence-corrected chi connectivity index (χ2v) is 14.2. The lowest BCUT2D eigenvalue weighted by molar-refractivity contribution is 0.0618. The van der Waals surface area contributed by atoms with Gasteiger partial charge in [-0.1, -0.05) is 72.8 Å². The Morgan fingerprint density at radius 2 is 0.727 bits per heavy atom. The van der Waals surface area contributed by atoms with Crippen molar-refractivity contribution >= 4 is 33.3 Å². The molecule has 2 aliphatic rings. The molecule has 0 fully saturated rings. The fourth-order valence-corrected chi connectivity index (χ4v) is 6.17. The molecule has 222 valence electrons. The van der Waals surface area contributed by atoms with Crippen molar-refractivity contribution in [2.24, 2.45) is 9.98 Å². The van der Waals surface area contributed by atoms with Crippen LogP contribution in [0.1, 0.15) is 66.5 Å². The Morgan fingerprint density at radius 3 is 1.02 bits per heavy atom. The minimum atomic E-state index is -0.380. The summed E-state index contributed by atoms with van der Waals surface area (Å²) in [6.07, 6.45) is 0. The van der Waals surface area contributed by atoms with Crippen molar-refractivity contribution in [1.29, 1.82) is 0 Å². The van der Waals surface area contributed by atoms with E-state index in [1.54, 1.807) is 0 Å². The molecule has 5 aromatic carbocycles. The number of benzene rings is 5. The third kappa shape index (κ3) is 4.34. The first-order valence-electron chi connectivity index (χ1n) is 15.5.